The molecule has 0 aliphatic carbocycles. The van der Waals surface area contributed by atoms with Gasteiger partial charge in [-0.15, -0.1) is 0 Å². The Kier molecular flexibility index (Phi) is 6.59. The topological polar surface area (TPSA) is 50.7 Å². The molecule has 0 fully saturated rings. The van der Waals surface area contributed by atoms with Crippen molar-refractivity contribution in [2.75, 3.05) is 0 Å². The van der Waals surface area contributed by atoms with Crippen LogP contribution in [0.2, 0.25) is 5.02 Å². The van der Waals surface area contributed by atoms with E-state index in [9.17, 15) is 4.79 Å². The molecule has 0 heterocycles. The minimum atomic E-state index is -0.668. The van der Waals surface area contributed by atoms with Crippen LogP contribution in [-0.2, 0) is 11.2 Å². The molecule has 0 spiro atoms. The first-order valence-corrected chi connectivity index (χ1v) is 8.64. The summed E-state index contributed by atoms with van der Waals surface area (Å²) in [5.41, 5.74) is 6.41. The van der Waals surface area contributed by atoms with Gasteiger partial charge in [-0.3, -0.25) is 4.79 Å². The van der Waals surface area contributed by atoms with Crippen LogP contribution in [0.1, 0.15) is 37.5 Å². The highest BCUT2D eigenvalue weighted by Crippen LogP contribution is 2.22. The van der Waals surface area contributed by atoms with Crippen LogP contribution in [0.15, 0.2) is 47.6 Å². The van der Waals surface area contributed by atoms with Crippen LogP contribution >= 0.6 is 11.6 Å². The number of halogens is 1. The van der Waals surface area contributed by atoms with Crippen molar-refractivity contribution in [3.63, 3.8) is 0 Å². The maximum absolute atomic E-state index is 12.2. The summed E-state index contributed by atoms with van der Waals surface area (Å²) in [4.78, 5) is 12.2. The Morgan fingerprint density at radius 3 is 2.52 bits per heavy atom. The molecule has 132 valence electrons. The maximum atomic E-state index is 12.2. The summed E-state index contributed by atoms with van der Waals surface area (Å²) < 4.78 is 5.69. The van der Waals surface area contributed by atoms with Crippen LogP contribution in [-0.4, -0.2) is 17.7 Å². The van der Waals surface area contributed by atoms with Crippen LogP contribution in [0.5, 0.6) is 5.75 Å². The minimum Gasteiger partial charge on any atom is -0.481 e. The predicted molar refractivity (Wildman–Crippen MR) is 102 cm³/mol. The fraction of sp³-hybridized carbons (Fsp3) is 0.300. The van der Waals surface area contributed by atoms with Gasteiger partial charge in [-0.2, -0.15) is 5.10 Å². The number of benzene rings is 2. The van der Waals surface area contributed by atoms with E-state index in [1.54, 1.807) is 25.1 Å². The average molecular weight is 359 g/mol. The van der Waals surface area contributed by atoms with E-state index in [4.69, 9.17) is 16.3 Å². The number of nitrogens with zero attached hydrogens (tertiary/aromatic N) is 1. The minimum absolute atomic E-state index is 0.307. The molecule has 0 aliphatic heterocycles. The molecule has 1 atom stereocenters. The number of nitrogens with one attached hydrogen (secondary N) is 1. The second-order valence-corrected chi connectivity index (χ2v) is 6.33. The zero-order chi connectivity index (χ0) is 18.4. The van der Waals surface area contributed by atoms with E-state index in [0.717, 1.165) is 23.3 Å². The van der Waals surface area contributed by atoms with E-state index in [2.05, 4.69) is 29.6 Å². The van der Waals surface area contributed by atoms with Gasteiger partial charge >= 0.3 is 0 Å². The molecule has 1 N–H and O–H groups in total. The number of carbonyl (C=O) groups is 1. The average Bonchev–Trinajstić information content (AvgIpc) is 2.61. The first-order valence-electron chi connectivity index (χ1n) is 8.27. The second kappa shape index (κ2) is 8.67. The molecule has 0 radical (unpaired) electrons. The van der Waals surface area contributed by atoms with Gasteiger partial charge in [0.2, 0.25) is 0 Å². The quantitative estimate of drug-likeness (QED) is 0.609. The third-order valence-electron chi connectivity index (χ3n) is 3.92. The molecular weight excluding hydrogens is 336 g/mol. The third-order valence-corrected chi connectivity index (χ3v) is 4.16. The Labute approximate surface area is 153 Å². The molecular formula is C20H23ClN2O2. The molecule has 0 saturated carbocycles. The zero-order valence-corrected chi connectivity index (χ0v) is 15.7. The molecule has 1 amide bonds. The molecule has 2 aromatic rings. The number of hydrogen-bond donors (Lipinski definition) is 1. The van der Waals surface area contributed by atoms with E-state index >= 15 is 0 Å². The normalized spacial score (nSPS) is 12.6. The summed E-state index contributed by atoms with van der Waals surface area (Å²) in [6.07, 6.45) is 0.325. The summed E-state index contributed by atoms with van der Waals surface area (Å²) in [7, 11) is 0. The largest absolute Gasteiger partial charge is 0.481 e. The SMILES string of the molecule is CCc1ccc(C(C)=NNC(=O)C(C)Oc2ccc(Cl)cc2C)cc1. The van der Waals surface area contributed by atoms with Crippen molar-refractivity contribution in [3.8, 4) is 5.75 Å². The van der Waals surface area contributed by atoms with Gasteiger partial charge in [-0.05, 0) is 62.1 Å². The Morgan fingerprint density at radius 2 is 1.92 bits per heavy atom. The van der Waals surface area contributed by atoms with Crippen LogP contribution in [0.3, 0.4) is 0 Å². The van der Waals surface area contributed by atoms with Crippen LogP contribution in [0.4, 0.5) is 0 Å². The standard InChI is InChI=1S/C20H23ClN2O2/c1-5-16-6-8-17(9-7-16)14(3)22-23-20(24)15(4)25-19-11-10-18(21)12-13(19)2/h6-12,15H,5H2,1-4H3,(H,23,24). The highest BCUT2D eigenvalue weighted by Gasteiger charge is 2.15. The lowest BCUT2D eigenvalue weighted by molar-refractivity contribution is -0.127. The van der Waals surface area contributed by atoms with E-state index in [-0.39, 0.29) is 5.91 Å². The lowest BCUT2D eigenvalue weighted by Gasteiger charge is -2.15. The highest BCUT2D eigenvalue weighted by atomic mass is 35.5. The van der Waals surface area contributed by atoms with E-state index in [1.165, 1.54) is 5.56 Å². The van der Waals surface area contributed by atoms with E-state index < -0.39 is 6.10 Å². The molecule has 2 rings (SSSR count). The van der Waals surface area contributed by atoms with Crippen molar-refractivity contribution in [2.24, 2.45) is 5.10 Å². The fourth-order valence-corrected chi connectivity index (χ4v) is 2.49. The lowest BCUT2D eigenvalue weighted by Crippen LogP contribution is -2.34. The molecule has 25 heavy (non-hydrogen) atoms. The van der Waals surface area contributed by atoms with Crippen LogP contribution < -0.4 is 10.2 Å². The highest BCUT2D eigenvalue weighted by molar-refractivity contribution is 6.30. The van der Waals surface area contributed by atoms with Gasteiger partial charge in [-0.25, -0.2) is 5.43 Å². The fourth-order valence-electron chi connectivity index (χ4n) is 2.27. The molecule has 1 unspecified atom stereocenters. The lowest BCUT2D eigenvalue weighted by atomic mass is 10.1. The molecule has 5 heteroatoms. The van der Waals surface area contributed by atoms with Crippen molar-refractivity contribution >= 4 is 23.2 Å². The molecule has 4 nitrogen and oxygen atoms in total. The Morgan fingerprint density at radius 1 is 1.24 bits per heavy atom. The van der Waals surface area contributed by atoms with Crippen LogP contribution in [0, 0.1) is 6.92 Å². The number of carbonyl (C=O) groups excluding carboxylic acids is 1. The number of aryl methyl sites for hydroxylation is 2. The van der Waals surface area contributed by atoms with Gasteiger partial charge in [0.1, 0.15) is 5.75 Å². The first-order chi connectivity index (χ1) is 11.9. The van der Waals surface area contributed by atoms with Crippen molar-refractivity contribution < 1.29 is 9.53 Å². The van der Waals surface area contributed by atoms with Crippen molar-refractivity contribution in [2.45, 2.75) is 40.2 Å². The van der Waals surface area contributed by atoms with E-state index in [0.29, 0.717) is 10.8 Å². The van der Waals surface area contributed by atoms with Gasteiger partial charge in [0, 0.05) is 5.02 Å². The van der Waals surface area contributed by atoms with Crippen molar-refractivity contribution in [1.82, 2.24) is 5.43 Å². The van der Waals surface area contributed by atoms with Gasteiger partial charge in [0.05, 0.1) is 5.71 Å². The van der Waals surface area contributed by atoms with Gasteiger partial charge < -0.3 is 4.74 Å². The molecule has 0 saturated heterocycles. The number of hydrogen-bond acceptors (Lipinski definition) is 3. The van der Waals surface area contributed by atoms with Crippen molar-refractivity contribution in [1.29, 1.82) is 0 Å². The predicted octanol–water partition coefficient (Wildman–Crippen LogP) is 4.52. The molecule has 0 bridgehead atoms. The van der Waals surface area contributed by atoms with Gasteiger partial charge in [0.15, 0.2) is 6.10 Å². The number of ether oxygens (including phenoxy) is 1. The van der Waals surface area contributed by atoms with E-state index in [1.807, 2.05) is 26.0 Å². The Bertz CT molecular complexity index is 770. The van der Waals surface area contributed by atoms with Gasteiger partial charge in [-0.1, -0.05) is 42.8 Å². The zero-order valence-electron chi connectivity index (χ0n) is 15.0. The molecule has 2 aromatic carbocycles. The summed E-state index contributed by atoms with van der Waals surface area (Å²) in [5.74, 6) is 0.321. The Balaban J connectivity index is 1.97. The maximum Gasteiger partial charge on any atom is 0.280 e. The second-order valence-electron chi connectivity index (χ2n) is 5.89. The van der Waals surface area contributed by atoms with Crippen molar-refractivity contribution in [3.05, 3.63) is 64.2 Å². The Hall–Kier alpha value is -2.33. The van der Waals surface area contributed by atoms with Gasteiger partial charge in [0.25, 0.3) is 5.91 Å². The first kappa shape index (κ1) is 19.0. The number of hydrazone groups is 1. The molecule has 0 aliphatic rings. The third kappa shape index (κ3) is 5.33. The number of rotatable bonds is 6. The number of amides is 1. The summed E-state index contributed by atoms with van der Waals surface area (Å²) in [5, 5.41) is 4.80. The smallest absolute Gasteiger partial charge is 0.280 e. The summed E-state index contributed by atoms with van der Waals surface area (Å²) in [6, 6.07) is 13.4. The summed E-state index contributed by atoms with van der Waals surface area (Å²) in [6.45, 7) is 7.54. The molecule has 0 aromatic heterocycles. The summed E-state index contributed by atoms with van der Waals surface area (Å²) >= 11 is 5.93. The van der Waals surface area contributed by atoms with Crippen LogP contribution in [0.25, 0.3) is 0 Å². The monoisotopic (exact) mass is 358 g/mol.